The van der Waals surface area contributed by atoms with Crippen molar-refractivity contribution in [2.75, 3.05) is 13.7 Å². The van der Waals surface area contributed by atoms with Gasteiger partial charge in [0.05, 0.1) is 20.1 Å². The molecule has 1 N–H and O–H groups in total. The van der Waals surface area contributed by atoms with Gasteiger partial charge >= 0.3 is 5.97 Å². The summed E-state index contributed by atoms with van der Waals surface area (Å²) >= 11 is 0. The minimum Gasteiger partial charge on any atom is -0.494 e. The summed E-state index contributed by atoms with van der Waals surface area (Å²) in [6, 6.07) is 3.81. The molecule has 0 amide bonds. The molecule has 0 aromatic carbocycles. The third-order valence-corrected chi connectivity index (χ3v) is 5.40. The highest BCUT2D eigenvalue weighted by Crippen LogP contribution is 2.33. The Labute approximate surface area is 176 Å². The Kier molecular flexibility index (Phi) is 6.21. The van der Waals surface area contributed by atoms with Crippen LogP contribution in [0.2, 0.25) is 0 Å². The van der Waals surface area contributed by atoms with Crippen LogP contribution in [0.5, 0.6) is 5.88 Å². The standard InChI is InChI=1S/C24H27NO5/c1-28-23-8-7-19(14-25-23)18-3-2-4-20(12-18)30-22-10-17(11-24(26)27)9-21(13-22)29-15-16-5-6-16/h2-3,7-9,12-14,16-17,20H,4-6,10-11,15H2,1H3,(H,26,27). The number of hydrogen-bond acceptors (Lipinski definition) is 5. The molecule has 30 heavy (non-hydrogen) atoms. The molecule has 4 rings (SSSR count). The number of carboxylic acids is 1. The highest BCUT2D eigenvalue weighted by atomic mass is 16.5. The second-order valence-electron chi connectivity index (χ2n) is 8.00. The first-order valence-electron chi connectivity index (χ1n) is 10.4. The number of ether oxygens (including phenoxy) is 3. The minimum atomic E-state index is -0.811. The van der Waals surface area contributed by atoms with Gasteiger partial charge in [0.1, 0.15) is 17.6 Å². The normalized spacial score (nSPS) is 23.2. The predicted molar refractivity (Wildman–Crippen MR) is 113 cm³/mol. The Bertz CT molecular complexity index is 893. The predicted octanol–water partition coefficient (Wildman–Crippen LogP) is 4.51. The van der Waals surface area contributed by atoms with Crippen LogP contribution in [0.4, 0.5) is 0 Å². The molecule has 0 spiro atoms. The molecule has 0 aliphatic heterocycles. The zero-order valence-corrected chi connectivity index (χ0v) is 17.1. The van der Waals surface area contributed by atoms with E-state index in [1.807, 2.05) is 24.3 Å². The van der Waals surface area contributed by atoms with Crippen molar-refractivity contribution in [1.29, 1.82) is 0 Å². The fourth-order valence-corrected chi connectivity index (χ4v) is 3.64. The fraction of sp³-hybridized carbons (Fsp3) is 0.417. The number of pyridine rings is 1. The number of nitrogens with zero attached hydrogens (tertiary/aromatic N) is 1. The van der Waals surface area contributed by atoms with Gasteiger partial charge in [0.15, 0.2) is 0 Å². The lowest BCUT2D eigenvalue weighted by molar-refractivity contribution is -0.137. The summed E-state index contributed by atoms with van der Waals surface area (Å²) in [5, 5.41) is 9.22. The lowest BCUT2D eigenvalue weighted by atomic mass is 9.94. The average molecular weight is 409 g/mol. The molecule has 1 aromatic rings. The molecule has 1 heterocycles. The van der Waals surface area contributed by atoms with Crippen LogP contribution in [0, 0.1) is 11.8 Å². The molecular formula is C24H27NO5. The van der Waals surface area contributed by atoms with E-state index in [9.17, 15) is 9.90 Å². The molecule has 3 aliphatic carbocycles. The highest BCUT2D eigenvalue weighted by molar-refractivity contribution is 5.75. The van der Waals surface area contributed by atoms with E-state index in [2.05, 4.69) is 23.2 Å². The number of methoxy groups -OCH3 is 1. The first-order valence-corrected chi connectivity index (χ1v) is 10.4. The summed E-state index contributed by atoms with van der Waals surface area (Å²) in [6.07, 6.45) is 15.6. The monoisotopic (exact) mass is 409 g/mol. The highest BCUT2D eigenvalue weighted by Gasteiger charge is 2.25. The SMILES string of the molecule is COc1ccc(C2=CC(OC3=CC(OCC4CC4)=CC(CC(=O)O)C3)CC=C2)cn1. The van der Waals surface area contributed by atoms with Crippen LogP contribution in [0.1, 0.15) is 37.7 Å². The minimum absolute atomic E-state index is 0.0696. The molecule has 3 aliphatic rings. The van der Waals surface area contributed by atoms with Crippen molar-refractivity contribution in [1.82, 2.24) is 4.98 Å². The van der Waals surface area contributed by atoms with Gasteiger partial charge in [0, 0.05) is 36.7 Å². The van der Waals surface area contributed by atoms with E-state index in [0.717, 1.165) is 29.1 Å². The maximum atomic E-state index is 11.2. The Hall–Kier alpha value is -3.02. The molecule has 158 valence electrons. The maximum Gasteiger partial charge on any atom is 0.303 e. The van der Waals surface area contributed by atoms with Crippen molar-refractivity contribution < 1.29 is 24.1 Å². The summed E-state index contributed by atoms with van der Waals surface area (Å²) in [5.41, 5.74) is 2.04. The van der Waals surface area contributed by atoms with Crippen LogP contribution in [0.15, 0.2) is 60.2 Å². The van der Waals surface area contributed by atoms with E-state index in [4.69, 9.17) is 14.2 Å². The second-order valence-corrected chi connectivity index (χ2v) is 8.00. The summed E-state index contributed by atoms with van der Waals surface area (Å²) in [4.78, 5) is 15.5. The molecule has 1 fully saturated rings. The molecule has 2 atom stereocenters. The second kappa shape index (κ2) is 9.20. The van der Waals surface area contributed by atoms with Crippen LogP contribution in [-0.2, 0) is 14.3 Å². The van der Waals surface area contributed by atoms with Gasteiger partial charge in [0.2, 0.25) is 5.88 Å². The summed E-state index contributed by atoms with van der Waals surface area (Å²) < 4.78 is 17.3. The van der Waals surface area contributed by atoms with Crippen molar-refractivity contribution in [3.8, 4) is 5.88 Å². The summed E-state index contributed by atoms with van der Waals surface area (Å²) in [5.74, 6) is 1.78. The fourth-order valence-electron chi connectivity index (χ4n) is 3.64. The number of aliphatic carboxylic acids is 1. The quantitative estimate of drug-likeness (QED) is 0.647. The Morgan fingerprint density at radius 2 is 2.13 bits per heavy atom. The van der Waals surface area contributed by atoms with Gasteiger partial charge in [-0.05, 0) is 48.5 Å². The third-order valence-electron chi connectivity index (χ3n) is 5.40. The molecule has 1 saturated carbocycles. The van der Waals surface area contributed by atoms with Crippen LogP contribution in [-0.4, -0.2) is 35.9 Å². The topological polar surface area (TPSA) is 77.9 Å². The van der Waals surface area contributed by atoms with Crippen LogP contribution in [0.25, 0.3) is 5.57 Å². The van der Waals surface area contributed by atoms with Crippen molar-refractivity contribution in [3.63, 3.8) is 0 Å². The van der Waals surface area contributed by atoms with Gasteiger partial charge in [-0.25, -0.2) is 4.98 Å². The smallest absolute Gasteiger partial charge is 0.303 e. The zero-order valence-electron chi connectivity index (χ0n) is 17.1. The number of carboxylic acid groups (broad SMARTS) is 1. The lowest BCUT2D eigenvalue weighted by Gasteiger charge is -2.25. The van der Waals surface area contributed by atoms with Gasteiger partial charge in [-0.2, -0.15) is 0 Å². The molecule has 0 saturated heterocycles. The average Bonchev–Trinajstić information content (AvgIpc) is 3.56. The van der Waals surface area contributed by atoms with Gasteiger partial charge in [0.25, 0.3) is 0 Å². The van der Waals surface area contributed by atoms with Gasteiger partial charge in [-0.15, -0.1) is 0 Å². The molecule has 0 bridgehead atoms. The number of rotatable bonds is 9. The molecule has 1 aromatic heterocycles. The van der Waals surface area contributed by atoms with E-state index < -0.39 is 5.97 Å². The Balaban J connectivity index is 1.45. The Morgan fingerprint density at radius 1 is 1.27 bits per heavy atom. The number of carbonyl (C=O) groups is 1. The summed E-state index contributed by atoms with van der Waals surface area (Å²) in [6.45, 7) is 0.691. The summed E-state index contributed by atoms with van der Waals surface area (Å²) in [7, 11) is 1.60. The van der Waals surface area contributed by atoms with Crippen molar-refractivity contribution in [3.05, 3.63) is 65.8 Å². The van der Waals surface area contributed by atoms with E-state index >= 15 is 0 Å². The van der Waals surface area contributed by atoms with Crippen molar-refractivity contribution in [2.24, 2.45) is 11.8 Å². The van der Waals surface area contributed by atoms with Crippen LogP contribution < -0.4 is 4.74 Å². The Morgan fingerprint density at radius 3 is 2.83 bits per heavy atom. The third kappa shape index (κ3) is 5.53. The van der Waals surface area contributed by atoms with E-state index in [0.29, 0.717) is 24.8 Å². The molecule has 0 radical (unpaired) electrons. The first kappa shape index (κ1) is 20.3. The van der Waals surface area contributed by atoms with E-state index in [1.165, 1.54) is 12.8 Å². The van der Waals surface area contributed by atoms with Crippen molar-refractivity contribution in [2.45, 2.75) is 38.2 Å². The van der Waals surface area contributed by atoms with E-state index in [1.54, 1.807) is 13.3 Å². The molecular weight excluding hydrogens is 382 g/mol. The zero-order chi connectivity index (χ0) is 20.9. The van der Waals surface area contributed by atoms with Crippen LogP contribution >= 0.6 is 0 Å². The van der Waals surface area contributed by atoms with Gasteiger partial charge < -0.3 is 19.3 Å². The van der Waals surface area contributed by atoms with Crippen molar-refractivity contribution >= 4 is 11.5 Å². The molecule has 2 unspecified atom stereocenters. The largest absolute Gasteiger partial charge is 0.494 e. The molecule has 6 nitrogen and oxygen atoms in total. The first-order chi connectivity index (χ1) is 14.6. The number of hydrogen-bond donors (Lipinski definition) is 1. The molecule has 6 heteroatoms. The van der Waals surface area contributed by atoms with Gasteiger partial charge in [-0.3, -0.25) is 4.79 Å². The maximum absolute atomic E-state index is 11.2. The number of aromatic nitrogens is 1. The van der Waals surface area contributed by atoms with Crippen LogP contribution in [0.3, 0.4) is 0 Å². The number of allylic oxidation sites excluding steroid dienone is 5. The van der Waals surface area contributed by atoms with E-state index in [-0.39, 0.29) is 18.4 Å². The van der Waals surface area contributed by atoms with Gasteiger partial charge in [-0.1, -0.05) is 12.2 Å². The lowest BCUT2D eigenvalue weighted by Crippen LogP contribution is -2.17.